The Morgan fingerprint density at radius 3 is 2.50 bits per heavy atom. The van der Waals surface area contributed by atoms with E-state index in [-0.39, 0.29) is 0 Å². The van der Waals surface area contributed by atoms with Crippen LogP contribution in [-0.2, 0) is 0 Å². The molecule has 0 saturated carbocycles. The van der Waals surface area contributed by atoms with Crippen LogP contribution in [0.25, 0.3) is 0 Å². The topological polar surface area (TPSA) is 73.1 Å². The van der Waals surface area contributed by atoms with E-state index in [2.05, 4.69) is 4.98 Å². The zero-order chi connectivity index (χ0) is 12.5. The Morgan fingerprint density at radius 2 is 2.12 bits per heavy atom. The molecule has 0 radical (unpaired) electrons. The zero-order valence-electron chi connectivity index (χ0n) is 7.29. The molecule has 1 aromatic heterocycles. The van der Waals surface area contributed by atoms with Gasteiger partial charge in [-0.15, -0.1) is 0 Å². The summed E-state index contributed by atoms with van der Waals surface area (Å²) < 4.78 is 37.6. The molecule has 86 valence electrons. The highest BCUT2D eigenvalue weighted by molar-refractivity contribution is 6.68. The van der Waals surface area contributed by atoms with Crippen LogP contribution < -0.4 is 0 Å². The molecule has 0 saturated heterocycles. The van der Waals surface area contributed by atoms with E-state index in [1.165, 1.54) is 0 Å². The predicted molar refractivity (Wildman–Crippen MR) is 46.0 cm³/mol. The van der Waals surface area contributed by atoms with Crippen molar-refractivity contribution in [1.29, 1.82) is 0 Å². The van der Waals surface area contributed by atoms with Gasteiger partial charge in [-0.1, -0.05) is 0 Å². The van der Waals surface area contributed by atoms with Gasteiger partial charge >= 0.3 is 5.69 Å². The normalized spacial score (nSPS) is 10.6. The van der Waals surface area contributed by atoms with Crippen LogP contribution in [-0.4, -0.2) is 15.1 Å². The highest BCUT2D eigenvalue weighted by Crippen LogP contribution is 2.28. The standard InChI is InChI=1S/C7H2ClF3N2O3/c8-6(14)3-2(13(15)16)1-12-5(4(3)9)7(10)11/h1,7H. The zero-order valence-corrected chi connectivity index (χ0v) is 8.04. The number of pyridine rings is 1. The highest BCUT2D eigenvalue weighted by Gasteiger charge is 2.29. The summed E-state index contributed by atoms with van der Waals surface area (Å²) in [5, 5.41) is 8.83. The van der Waals surface area contributed by atoms with Crippen LogP contribution >= 0.6 is 11.6 Å². The van der Waals surface area contributed by atoms with E-state index < -0.39 is 39.4 Å². The quantitative estimate of drug-likeness (QED) is 0.472. The number of nitro groups is 1. The first kappa shape index (κ1) is 12.4. The molecule has 1 heterocycles. The molecule has 0 amide bonds. The summed E-state index contributed by atoms with van der Waals surface area (Å²) in [5.74, 6) is -1.77. The van der Waals surface area contributed by atoms with Gasteiger partial charge in [-0.2, -0.15) is 0 Å². The molecule has 0 atom stereocenters. The summed E-state index contributed by atoms with van der Waals surface area (Å²) in [6.45, 7) is 0. The average Bonchev–Trinajstić information content (AvgIpc) is 2.15. The minimum atomic E-state index is -3.30. The number of carbonyl (C=O) groups is 1. The lowest BCUT2D eigenvalue weighted by atomic mass is 10.2. The molecule has 0 bridgehead atoms. The SMILES string of the molecule is O=C(Cl)c1c([N+](=O)[O-])cnc(C(F)F)c1F. The van der Waals surface area contributed by atoms with Crippen molar-refractivity contribution in [2.24, 2.45) is 0 Å². The molecule has 5 nitrogen and oxygen atoms in total. The highest BCUT2D eigenvalue weighted by atomic mass is 35.5. The van der Waals surface area contributed by atoms with Crippen LogP contribution in [0, 0.1) is 15.9 Å². The number of hydrogen-bond donors (Lipinski definition) is 0. The van der Waals surface area contributed by atoms with Crippen LogP contribution in [0.3, 0.4) is 0 Å². The summed E-state index contributed by atoms with van der Waals surface area (Å²) in [7, 11) is 0. The number of rotatable bonds is 3. The maximum atomic E-state index is 13.2. The number of aromatic nitrogens is 1. The summed E-state index contributed by atoms with van der Waals surface area (Å²) in [4.78, 5) is 22.8. The van der Waals surface area contributed by atoms with Gasteiger partial charge in [-0.3, -0.25) is 14.9 Å². The van der Waals surface area contributed by atoms with Crippen LogP contribution in [0.5, 0.6) is 0 Å². The molecule has 1 aromatic rings. The third-order valence-electron chi connectivity index (χ3n) is 1.63. The van der Waals surface area contributed by atoms with E-state index in [4.69, 9.17) is 11.6 Å². The predicted octanol–water partition coefficient (Wildman–Crippen LogP) is 2.45. The van der Waals surface area contributed by atoms with Crippen molar-refractivity contribution in [2.75, 3.05) is 0 Å². The second kappa shape index (κ2) is 4.44. The lowest BCUT2D eigenvalue weighted by Crippen LogP contribution is -2.07. The molecule has 0 unspecified atom stereocenters. The van der Waals surface area contributed by atoms with Gasteiger partial charge in [-0.05, 0) is 11.6 Å². The van der Waals surface area contributed by atoms with Crippen molar-refractivity contribution in [3.63, 3.8) is 0 Å². The Morgan fingerprint density at radius 1 is 1.56 bits per heavy atom. The monoisotopic (exact) mass is 254 g/mol. The third kappa shape index (κ3) is 2.11. The molecule has 16 heavy (non-hydrogen) atoms. The van der Waals surface area contributed by atoms with Crippen LogP contribution in [0.1, 0.15) is 22.5 Å². The molecule has 0 N–H and O–H groups in total. The third-order valence-corrected chi connectivity index (χ3v) is 1.82. The molecule has 0 aliphatic rings. The summed E-state index contributed by atoms with van der Waals surface area (Å²) >= 11 is 4.88. The first-order valence-electron chi connectivity index (χ1n) is 3.67. The maximum Gasteiger partial charge on any atom is 0.302 e. The average molecular weight is 255 g/mol. The first-order chi connectivity index (χ1) is 7.36. The number of carbonyl (C=O) groups excluding carboxylic acids is 1. The summed E-state index contributed by atoms with van der Waals surface area (Å²) in [6.07, 6.45) is -2.93. The molecule has 0 fully saturated rings. The van der Waals surface area contributed by atoms with Crippen LogP contribution in [0.15, 0.2) is 6.20 Å². The van der Waals surface area contributed by atoms with E-state index in [0.29, 0.717) is 6.20 Å². The van der Waals surface area contributed by atoms with Crippen molar-refractivity contribution in [1.82, 2.24) is 4.98 Å². The second-order valence-corrected chi connectivity index (χ2v) is 2.89. The van der Waals surface area contributed by atoms with Crippen LogP contribution in [0.4, 0.5) is 18.9 Å². The van der Waals surface area contributed by atoms with Crippen molar-refractivity contribution >= 4 is 22.5 Å². The first-order valence-corrected chi connectivity index (χ1v) is 4.04. The van der Waals surface area contributed by atoms with Gasteiger partial charge in [0.25, 0.3) is 11.7 Å². The molecule has 0 aliphatic heterocycles. The Bertz CT molecular complexity index is 466. The molecule has 9 heteroatoms. The maximum absolute atomic E-state index is 13.2. The Labute approximate surface area is 91.0 Å². The molecule has 0 aromatic carbocycles. The van der Waals surface area contributed by atoms with Gasteiger partial charge in [0.2, 0.25) is 0 Å². The van der Waals surface area contributed by atoms with Gasteiger partial charge in [0, 0.05) is 0 Å². The summed E-state index contributed by atoms with van der Waals surface area (Å²) in [6, 6.07) is 0. The smallest absolute Gasteiger partial charge is 0.275 e. The van der Waals surface area contributed by atoms with E-state index >= 15 is 0 Å². The fraction of sp³-hybridized carbons (Fsp3) is 0.143. The van der Waals surface area contributed by atoms with Gasteiger partial charge in [0.15, 0.2) is 11.4 Å². The molecule has 1 rings (SSSR count). The second-order valence-electron chi connectivity index (χ2n) is 2.55. The number of alkyl halides is 2. The number of hydrogen-bond acceptors (Lipinski definition) is 4. The lowest BCUT2D eigenvalue weighted by Gasteiger charge is -2.04. The van der Waals surface area contributed by atoms with Gasteiger partial charge in [-0.25, -0.2) is 18.2 Å². The Balaban J connectivity index is 3.54. The van der Waals surface area contributed by atoms with Crippen LogP contribution in [0.2, 0.25) is 0 Å². The minimum absolute atomic E-state index is 0.361. The van der Waals surface area contributed by atoms with Crippen molar-refractivity contribution in [3.8, 4) is 0 Å². The van der Waals surface area contributed by atoms with E-state index in [1.54, 1.807) is 0 Å². The number of nitrogens with zero attached hydrogens (tertiary/aromatic N) is 2. The van der Waals surface area contributed by atoms with E-state index in [0.717, 1.165) is 0 Å². The van der Waals surface area contributed by atoms with E-state index in [1.807, 2.05) is 0 Å². The van der Waals surface area contributed by atoms with Crippen molar-refractivity contribution in [2.45, 2.75) is 6.43 Å². The lowest BCUT2D eigenvalue weighted by molar-refractivity contribution is -0.385. The van der Waals surface area contributed by atoms with Gasteiger partial charge < -0.3 is 0 Å². The minimum Gasteiger partial charge on any atom is -0.275 e. The Kier molecular flexibility index (Phi) is 3.43. The van der Waals surface area contributed by atoms with Crippen molar-refractivity contribution in [3.05, 3.63) is 33.4 Å². The largest absolute Gasteiger partial charge is 0.302 e. The fourth-order valence-electron chi connectivity index (χ4n) is 0.970. The van der Waals surface area contributed by atoms with Crippen molar-refractivity contribution < 1.29 is 22.9 Å². The van der Waals surface area contributed by atoms with E-state index in [9.17, 15) is 28.1 Å². The molecular formula is C7H2ClF3N2O3. The number of halogens is 4. The molecule has 0 spiro atoms. The summed E-state index contributed by atoms with van der Waals surface area (Å²) in [5.41, 5.74) is -3.62. The van der Waals surface area contributed by atoms with Gasteiger partial charge in [0.1, 0.15) is 11.9 Å². The molecule has 0 aliphatic carbocycles. The molecular weight excluding hydrogens is 253 g/mol. The van der Waals surface area contributed by atoms with Gasteiger partial charge in [0.05, 0.1) is 4.92 Å². The Hall–Kier alpha value is -1.70. The fourth-order valence-corrected chi connectivity index (χ4v) is 1.15.